The number of hydrogen-bond acceptors (Lipinski definition) is 5. The topological polar surface area (TPSA) is 18.5 Å². The van der Waals surface area contributed by atoms with E-state index in [1.165, 1.54) is 40.4 Å². The van der Waals surface area contributed by atoms with Crippen molar-refractivity contribution < 1.29 is 9.47 Å². The van der Waals surface area contributed by atoms with Gasteiger partial charge < -0.3 is 9.47 Å². The number of thiophene rings is 3. The van der Waals surface area contributed by atoms with Crippen LogP contribution in [0.2, 0.25) is 0 Å². The standard InChI is InChI=1S/C34H36O2S3/c1-7-35-25-21-27(23-15-11-9-12-16-23)37-31(25)33(3,4)29-19-20-30(39-29)34(5,6)32-26(36-8-2)22-28(38-32)24-17-13-10-14-18-24/h9-22H,7-8H2,1-6H3. The minimum absolute atomic E-state index is 0.186. The van der Waals surface area contributed by atoms with E-state index in [1.807, 2.05) is 34.0 Å². The van der Waals surface area contributed by atoms with Crippen LogP contribution in [-0.2, 0) is 10.8 Å². The molecule has 0 aliphatic heterocycles. The Kier molecular flexibility index (Phi) is 8.04. The highest BCUT2D eigenvalue weighted by Crippen LogP contribution is 2.51. The Bertz CT molecular complexity index is 1410. The maximum absolute atomic E-state index is 6.18. The average molecular weight is 573 g/mol. The first-order valence-corrected chi connectivity index (χ1v) is 16.0. The maximum Gasteiger partial charge on any atom is 0.134 e. The molecule has 0 fully saturated rings. The third kappa shape index (κ3) is 5.45. The molecule has 0 atom stereocenters. The highest BCUT2D eigenvalue weighted by molar-refractivity contribution is 7.17. The van der Waals surface area contributed by atoms with Crippen LogP contribution < -0.4 is 9.47 Å². The summed E-state index contributed by atoms with van der Waals surface area (Å²) in [5, 5.41) is 0. The summed E-state index contributed by atoms with van der Waals surface area (Å²) in [7, 11) is 0. The molecule has 3 aromatic heterocycles. The maximum atomic E-state index is 6.18. The van der Waals surface area contributed by atoms with Gasteiger partial charge >= 0.3 is 0 Å². The zero-order valence-electron chi connectivity index (χ0n) is 23.5. The van der Waals surface area contributed by atoms with Gasteiger partial charge in [0.25, 0.3) is 0 Å². The Morgan fingerprint density at radius 3 is 1.28 bits per heavy atom. The second kappa shape index (κ2) is 11.3. The molecule has 39 heavy (non-hydrogen) atoms. The van der Waals surface area contributed by atoms with Crippen molar-refractivity contribution in [3.05, 3.63) is 104 Å². The van der Waals surface area contributed by atoms with Gasteiger partial charge in [0.05, 0.1) is 23.0 Å². The SMILES string of the molecule is CCOc1cc(-c2ccccc2)sc1C(C)(C)c1ccc(C(C)(C)c2sc(-c3ccccc3)cc2OCC)s1. The van der Waals surface area contributed by atoms with Crippen molar-refractivity contribution in [3.63, 3.8) is 0 Å². The quantitative estimate of drug-likeness (QED) is 0.166. The molecule has 0 N–H and O–H groups in total. The summed E-state index contributed by atoms with van der Waals surface area (Å²) >= 11 is 5.58. The van der Waals surface area contributed by atoms with Crippen molar-refractivity contribution in [2.75, 3.05) is 13.2 Å². The molecule has 0 saturated carbocycles. The van der Waals surface area contributed by atoms with Crippen LogP contribution in [0.15, 0.2) is 84.9 Å². The van der Waals surface area contributed by atoms with Gasteiger partial charge in [0.15, 0.2) is 0 Å². The fraction of sp³-hybridized carbons (Fsp3) is 0.294. The van der Waals surface area contributed by atoms with Crippen molar-refractivity contribution >= 4 is 34.0 Å². The first-order chi connectivity index (χ1) is 18.8. The van der Waals surface area contributed by atoms with E-state index < -0.39 is 0 Å². The smallest absolute Gasteiger partial charge is 0.134 e. The Labute approximate surface area is 244 Å². The highest BCUT2D eigenvalue weighted by Gasteiger charge is 2.35. The van der Waals surface area contributed by atoms with Gasteiger partial charge in [0.2, 0.25) is 0 Å². The van der Waals surface area contributed by atoms with Crippen LogP contribution in [0.25, 0.3) is 20.9 Å². The number of rotatable bonds is 10. The van der Waals surface area contributed by atoms with Crippen LogP contribution in [0.4, 0.5) is 0 Å². The Morgan fingerprint density at radius 1 is 0.538 bits per heavy atom. The lowest BCUT2D eigenvalue weighted by Gasteiger charge is -2.25. The molecule has 0 bridgehead atoms. The second-order valence-corrected chi connectivity index (χ2v) is 13.8. The van der Waals surface area contributed by atoms with E-state index in [9.17, 15) is 0 Å². The summed E-state index contributed by atoms with van der Waals surface area (Å²) < 4.78 is 12.4. The largest absolute Gasteiger partial charge is 0.493 e. The van der Waals surface area contributed by atoms with Crippen molar-refractivity contribution in [1.29, 1.82) is 0 Å². The molecular weight excluding hydrogens is 537 g/mol. The lowest BCUT2D eigenvalue weighted by Crippen LogP contribution is -2.18. The predicted octanol–water partition coefficient (Wildman–Crippen LogP) is 10.7. The summed E-state index contributed by atoms with van der Waals surface area (Å²) in [5.41, 5.74) is 2.09. The van der Waals surface area contributed by atoms with Gasteiger partial charge in [-0.3, -0.25) is 0 Å². The number of benzene rings is 2. The minimum atomic E-state index is -0.186. The Balaban J connectivity index is 1.52. The molecule has 0 amide bonds. The molecular formula is C34H36O2S3. The van der Waals surface area contributed by atoms with E-state index in [2.05, 4.69) is 126 Å². The van der Waals surface area contributed by atoms with Gasteiger partial charge in [-0.05, 0) is 76.9 Å². The molecule has 0 spiro atoms. The average Bonchev–Trinajstić information content (AvgIpc) is 3.70. The normalized spacial score (nSPS) is 12.1. The molecule has 0 unspecified atom stereocenters. The third-order valence-electron chi connectivity index (χ3n) is 7.09. The summed E-state index contributed by atoms with van der Waals surface area (Å²) in [5.74, 6) is 1.98. The molecule has 0 saturated heterocycles. The van der Waals surface area contributed by atoms with E-state index >= 15 is 0 Å². The molecule has 0 aliphatic rings. The van der Waals surface area contributed by atoms with Crippen molar-refractivity contribution in [1.82, 2.24) is 0 Å². The van der Waals surface area contributed by atoms with E-state index in [0.29, 0.717) is 13.2 Å². The molecule has 0 aliphatic carbocycles. The predicted molar refractivity (Wildman–Crippen MR) is 170 cm³/mol. The van der Waals surface area contributed by atoms with E-state index in [4.69, 9.17) is 9.47 Å². The van der Waals surface area contributed by atoms with E-state index in [1.54, 1.807) is 0 Å². The minimum Gasteiger partial charge on any atom is -0.493 e. The zero-order chi connectivity index (χ0) is 27.6. The monoisotopic (exact) mass is 572 g/mol. The fourth-order valence-corrected chi connectivity index (χ4v) is 8.67. The number of hydrogen-bond donors (Lipinski definition) is 0. The first kappa shape index (κ1) is 27.7. The van der Waals surface area contributed by atoms with Crippen LogP contribution in [0, 0.1) is 0 Å². The number of ether oxygens (including phenoxy) is 2. The van der Waals surface area contributed by atoms with E-state index in [-0.39, 0.29) is 10.8 Å². The molecule has 2 nitrogen and oxygen atoms in total. The third-order valence-corrected chi connectivity index (χ3v) is 11.8. The van der Waals surface area contributed by atoms with Gasteiger partial charge in [-0.25, -0.2) is 0 Å². The van der Waals surface area contributed by atoms with Gasteiger partial charge in [-0.15, -0.1) is 34.0 Å². The molecule has 0 radical (unpaired) electrons. The van der Waals surface area contributed by atoms with Gasteiger partial charge in [0.1, 0.15) is 11.5 Å². The van der Waals surface area contributed by atoms with Gasteiger partial charge in [0, 0.05) is 30.3 Å². The van der Waals surface area contributed by atoms with Crippen LogP contribution in [0.1, 0.15) is 61.1 Å². The zero-order valence-corrected chi connectivity index (χ0v) is 26.0. The summed E-state index contributed by atoms with van der Waals surface area (Å²) in [6, 6.07) is 30.2. The van der Waals surface area contributed by atoms with Gasteiger partial charge in [-0.2, -0.15) is 0 Å². The summed E-state index contributed by atoms with van der Waals surface area (Å²) in [6.07, 6.45) is 0. The van der Waals surface area contributed by atoms with Crippen molar-refractivity contribution in [2.45, 2.75) is 52.4 Å². The summed E-state index contributed by atoms with van der Waals surface area (Å²) in [6.45, 7) is 14.7. The van der Waals surface area contributed by atoms with Gasteiger partial charge in [-0.1, -0.05) is 60.7 Å². The van der Waals surface area contributed by atoms with Crippen molar-refractivity contribution in [2.24, 2.45) is 0 Å². The lowest BCUT2D eigenvalue weighted by molar-refractivity contribution is 0.334. The second-order valence-electron chi connectivity index (χ2n) is 10.6. The molecule has 5 rings (SSSR count). The molecule has 3 heterocycles. The van der Waals surface area contributed by atoms with Crippen molar-refractivity contribution in [3.8, 4) is 32.4 Å². The molecule has 2 aromatic carbocycles. The Morgan fingerprint density at radius 2 is 0.923 bits per heavy atom. The molecule has 5 heteroatoms. The first-order valence-electron chi connectivity index (χ1n) is 13.5. The fourth-order valence-electron chi connectivity index (χ4n) is 4.87. The summed E-state index contributed by atoms with van der Waals surface area (Å²) in [4.78, 5) is 7.70. The van der Waals surface area contributed by atoms with Crippen LogP contribution in [0.3, 0.4) is 0 Å². The lowest BCUT2D eigenvalue weighted by atomic mass is 9.87. The Hall–Kier alpha value is -2.86. The van der Waals surface area contributed by atoms with E-state index in [0.717, 1.165) is 11.5 Å². The van der Waals surface area contributed by atoms with Crippen LogP contribution in [0.5, 0.6) is 11.5 Å². The molecule has 202 valence electrons. The van der Waals surface area contributed by atoms with Crippen LogP contribution >= 0.6 is 34.0 Å². The highest BCUT2D eigenvalue weighted by atomic mass is 32.1. The molecule has 5 aromatic rings. The van der Waals surface area contributed by atoms with Crippen LogP contribution in [-0.4, -0.2) is 13.2 Å².